The first-order chi connectivity index (χ1) is 11.1. The molecule has 0 spiro atoms. The van der Waals surface area contributed by atoms with Crippen molar-refractivity contribution in [3.05, 3.63) is 11.6 Å². The Morgan fingerprint density at radius 3 is 2.75 bits per heavy atom. The molecule has 1 aliphatic heterocycles. The average Bonchev–Trinajstić information content (AvgIpc) is 2.49. The van der Waals surface area contributed by atoms with Gasteiger partial charge in [-0.3, -0.25) is 8.75 Å². The molecule has 0 aliphatic carbocycles. The van der Waals surface area contributed by atoms with Crippen LogP contribution in [-0.2, 0) is 32.9 Å². The molecule has 0 amide bonds. The molecule has 0 radical (unpaired) electrons. The number of ether oxygens (including phenoxy) is 2. The van der Waals surface area contributed by atoms with E-state index < -0.39 is 23.8 Å². The Morgan fingerprint density at radius 2 is 2.21 bits per heavy atom. The third-order valence-electron chi connectivity index (χ3n) is 3.32. The van der Waals surface area contributed by atoms with Gasteiger partial charge in [-0.05, 0) is 38.7 Å². The van der Waals surface area contributed by atoms with Gasteiger partial charge in [0.15, 0.2) is 0 Å². The van der Waals surface area contributed by atoms with Crippen molar-refractivity contribution in [3.63, 3.8) is 0 Å². The number of hydrogen-bond donors (Lipinski definition) is 1. The second kappa shape index (κ2) is 9.89. The van der Waals surface area contributed by atoms with Gasteiger partial charge in [0.2, 0.25) is 5.50 Å². The van der Waals surface area contributed by atoms with E-state index in [-0.39, 0.29) is 24.6 Å². The predicted molar refractivity (Wildman–Crippen MR) is 89.1 cm³/mol. The standard InChI is InChI=1S/C14H27O8PS/c1-4-12(2)22-23(15,16)14(8-6-10-20-24(3,17)18)21-13-7-5-9-19-11-13/h8,12-13H,4-7,9-11H2,1-3H3,(H,15,16). The highest BCUT2D eigenvalue weighted by Gasteiger charge is 2.32. The lowest BCUT2D eigenvalue weighted by atomic mass is 10.2. The van der Waals surface area contributed by atoms with Gasteiger partial charge in [0.25, 0.3) is 10.1 Å². The Hall–Kier alpha value is -0.440. The monoisotopic (exact) mass is 386 g/mol. The molecule has 0 saturated carbocycles. The molecule has 24 heavy (non-hydrogen) atoms. The highest BCUT2D eigenvalue weighted by molar-refractivity contribution is 7.85. The summed E-state index contributed by atoms with van der Waals surface area (Å²) in [7, 11) is -7.71. The number of hydrogen-bond acceptors (Lipinski definition) is 7. The molecule has 1 rings (SSSR count). The van der Waals surface area contributed by atoms with E-state index >= 15 is 0 Å². The summed E-state index contributed by atoms with van der Waals surface area (Å²) in [6.45, 7) is 4.36. The van der Waals surface area contributed by atoms with E-state index in [0.29, 0.717) is 26.1 Å². The van der Waals surface area contributed by atoms with Crippen molar-refractivity contribution in [1.82, 2.24) is 0 Å². The molecular formula is C14H27O8PS. The van der Waals surface area contributed by atoms with Crippen LogP contribution in [0.5, 0.6) is 0 Å². The fraction of sp³-hybridized carbons (Fsp3) is 0.857. The van der Waals surface area contributed by atoms with Crippen molar-refractivity contribution in [3.8, 4) is 0 Å². The van der Waals surface area contributed by atoms with Gasteiger partial charge in [0.05, 0.1) is 25.6 Å². The molecule has 0 aromatic rings. The van der Waals surface area contributed by atoms with Crippen molar-refractivity contribution in [2.45, 2.75) is 51.7 Å². The van der Waals surface area contributed by atoms with E-state index in [9.17, 15) is 17.9 Å². The zero-order valence-corrected chi connectivity index (χ0v) is 16.1. The maximum atomic E-state index is 12.5. The summed E-state index contributed by atoms with van der Waals surface area (Å²) in [4.78, 5) is 10.2. The molecule has 1 fully saturated rings. The molecule has 3 atom stereocenters. The molecule has 10 heteroatoms. The van der Waals surface area contributed by atoms with Gasteiger partial charge in [-0.15, -0.1) is 0 Å². The minimum atomic E-state index is -4.14. The van der Waals surface area contributed by atoms with Gasteiger partial charge in [0, 0.05) is 6.61 Å². The van der Waals surface area contributed by atoms with Crippen LogP contribution in [0.1, 0.15) is 39.5 Å². The SMILES string of the molecule is CCC(C)OP(=O)(O)C(=CCCOS(C)(=O)=O)OC1CCCOC1. The lowest BCUT2D eigenvalue weighted by Crippen LogP contribution is -2.25. The van der Waals surface area contributed by atoms with E-state index in [0.717, 1.165) is 12.7 Å². The van der Waals surface area contributed by atoms with E-state index in [1.807, 2.05) is 6.92 Å². The van der Waals surface area contributed by atoms with E-state index in [4.69, 9.17) is 14.0 Å². The Labute approximate surface area is 143 Å². The zero-order chi connectivity index (χ0) is 18.2. The first kappa shape index (κ1) is 21.6. The van der Waals surface area contributed by atoms with E-state index in [1.54, 1.807) is 6.92 Å². The minimum absolute atomic E-state index is 0.102. The normalized spacial score (nSPS) is 23.5. The van der Waals surface area contributed by atoms with E-state index in [2.05, 4.69) is 4.18 Å². The van der Waals surface area contributed by atoms with Crippen LogP contribution in [0, 0.1) is 0 Å². The van der Waals surface area contributed by atoms with Crippen LogP contribution in [-0.4, -0.2) is 51.6 Å². The zero-order valence-electron chi connectivity index (χ0n) is 14.3. The Kier molecular flexibility index (Phi) is 8.90. The van der Waals surface area contributed by atoms with Gasteiger partial charge in [0.1, 0.15) is 6.10 Å². The van der Waals surface area contributed by atoms with Gasteiger partial charge in [-0.25, -0.2) is 0 Å². The Morgan fingerprint density at radius 1 is 1.50 bits per heavy atom. The third-order valence-corrected chi connectivity index (χ3v) is 5.40. The number of rotatable bonds is 10. The lowest BCUT2D eigenvalue weighted by molar-refractivity contribution is -0.0203. The summed E-state index contributed by atoms with van der Waals surface area (Å²) in [5.41, 5.74) is -0.185. The van der Waals surface area contributed by atoms with Gasteiger partial charge >= 0.3 is 7.60 Å². The molecular weight excluding hydrogens is 359 g/mol. The molecule has 1 aliphatic rings. The molecule has 0 aromatic heterocycles. The third kappa shape index (κ3) is 8.60. The second-order valence-corrected chi connectivity index (χ2v) is 9.00. The fourth-order valence-electron chi connectivity index (χ4n) is 1.96. The summed E-state index contributed by atoms with van der Waals surface area (Å²) in [6, 6.07) is 0. The second-order valence-electron chi connectivity index (χ2n) is 5.66. The summed E-state index contributed by atoms with van der Waals surface area (Å²) in [5, 5.41) is 0. The van der Waals surface area contributed by atoms with Gasteiger partial charge in [-0.2, -0.15) is 8.42 Å². The van der Waals surface area contributed by atoms with Crippen LogP contribution in [0.2, 0.25) is 0 Å². The van der Waals surface area contributed by atoms with Crippen LogP contribution >= 0.6 is 7.60 Å². The molecule has 142 valence electrons. The molecule has 8 nitrogen and oxygen atoms in total. The van der Waals surface area contributed by atoms with Crippen LogP contribution in [0.4, 0.5) is 0 Å². The molecule has 0 aromatic carbocycles. The minimum Gasteiger partial charge on any atom is -0.480 e. The summed E-state index contributed by atoms with van der Waals surface area (Å²) >= 11 is 0. The first-order valence-electron chi connectivity index (χ1n) is 7.94. The highest BCUT2D eigenvalue weighted by atomic mass is 32.2. The molecule has 1 saturated heterocycles. The quantitative estimate of drug-likeness (QED) is 0.264. The Balaban J connectivity index is 2.78. The average molecular weight is 386 g/mol. The van der Waals surface area contributed by atoms with Crippen molar-refractivity contribution in [2.24, 2.45) is 0 Å². The molecule has 1 heterocycles. The van der Waals surface area contributed by atoms with E-state index in [1.165, 1.54) is 6.08 Å². The lowest BCUT2D eigenvalue weighted by Gasteiger charge is -2.27. The largest absolute Gasteiger partial charge is 0.480 e. The summed E-state index contributed by atoms with van der Waals surface area (Å²) in [5.74, 6) is 0. The van der Waals surface area contributed by atoms with Gasteiger partial charge in [-0.1, -0.05) is 6.92 Å². The Bertz CT molecular complexity index is 553. The summed E-state index contributed by atoms with van der Waals surface area (Å²) < 4.78 is 55.2. The summed E-state index contributed by atoms with van der Waals surface area (Å²) in [6.07, 6.45) is 3.73. The maximum absolute atomic E-state index is 12.5. The van der Waals surface area contributed by atoms with Crippen LogP contribution in [0.3, 0.4) is 0 Å². The van der Waals surface area contributed by atoms with Crippen LogP contribution < -0.4 is 0 Å². The molecule has 0 bridgehead atoms. The van der Waals surface area contributed by atoms with Gasteiger partial charge < -0.3 is 18.9 Å². The van der Waals surface area contributed by atoms with Crippen molar-refractivity contribution in [2.75, 3.05) is 26.1 Å². The molecule has 1 N–H and O–H groups in total. The van der Waals surface area contributed by atoms with Crippen molar-refractivity contribution < 1.29 is 36.1 Å². The molecule has 3 unspecified atom stereocenters. The van der Waals surface area contributed by atoms with Crippen LogP contribution in [0.15, 0.2) is 11.6 Å². The van der Waals surface area contributed by atoms with Crippen LogP contribution in [0.25, 0.3) is 0 Å². The first-order valence-corrected chi connectivity index (χ1v) is 11.3. The van der Waals surface area contributed by atoms with Crippen molar-refractivity contribution >= 4 is 17.7 Å². The topological polar surface area (TPSA) is 108 Å². The fourth-order valence-corrected chi connectivity index (χ4v) is 3.74. The predicted octanol–water partition coefficient (Wildman–Crippen LogP) is 2.39. The maximum Gasteiger partial charge on any atom is 0.393 e. The smallest absolute Gasteiger partial charge is 0.393 e. The van der Waals surface area contributed by atoms with Crippen molar-refractivity contribution in [1.29, 1.82) is 0 Å². The highest BCUT2D eigenvalue weighted by Crippen LogP contribution is 2.53.